The van der Waals surface area contributed by atoms with Crippen molar-refractivity contribution in [3.05, 3.63) is 77.4 Å². The lowest BCUT2D eigenvalue weighted by Crippen LogP contribution is -2.14. The van der Waals surface area contributed by atoms with Gasteiger partial charge in [0.25, 0.3) is 5.91 Å². The Balaban J connectivity index is 1.57. The quantitative estimate of drug-likeness (QED) is 0.441. The van der Waals surface area contributed by atoms with E-state index in [1.807, 2.05) is 19.1 Å². The zero-order valence-electron chi connectivity index (χ0n) is 17.7. The van der Waals surface area contributed by atoms with Gasteiger partial charge in [0, 0.05) is 24.5 Å². The summed E-state index contributed by atoms with van der Waals surface area (Å²) in [6.07, 6.45) is 2.15. The van der Waals surface area contributed by atoms with Crippen molar-refractivity contribution in [2.45, 2.75) is 13.1 Å². The molecule has 0 fully saturated rings. The molecule has 2 aromatic heterocycles. The number of nitrogens with one attached hydrogen (secondary N) is 2. The van der Waals surface area contributed by atoms with Crippen LogP contribution < -0.4 is 10.6 Å². The smallest absolute Gasteiger partial charge is 0.371 e. The average Bonchev–Trinajstić information content (AvgIpc) is 3.22. The fourth-order valence-corrected chi connectivity index (χ4v) is 3.24. The number of rotatable bonds is 5. The number of carbonyl (C=O) groups excluding carboxylic acids is 1. The molecule has 0 atom stereocenters. The van der Waals surface area contributed by atoms with E-state index in [-0.39, 0.29) is 5.56 Å². The van der Waals surface area contributed by atoms with E-state index < -0.39 is 17.6 Å². The topological polar surface area (TPSA) is 84.7 Å². The zero-order valence-corrected chi connectivity index (χ0v) is 17.7. The lowest BCUT2D eigenvalue weighted by atomic mass is 10.1. The average molecular weight is 452 g/mol. The lowest BCUT2D eigenvalue weighted by molar-refractivity contribution is -0.137. The minimum absolute atomic E-state index is 0.0765. The molecular formula is C23H19F3N6O. The number of benzene rings is 2. The summed E-state index contributed by atoms with van der Waals surface area (Å²) >= 11 is 0. The van der Waals surface area contributed by atoms with E-state index in [1.165, 1.54) is 18.5 Å². The minimum atomic E-state index is -4.52. The molecule has 4 aromatic rings. The van der Waals surface area contributed by atoms with Crippen LogP contribution in [-0.4, -0.2) is 32.5 Å². The standard InChI is InChI=1S/C23H19F3N6O/c1-14-6-7-18(31-22(33)16-4-3-5-17(10-16)23(24,25)26)11-15(14)8-9-32-13-30-19-20(27-2)28-12-29-21(19)32/h3-13H,1-2H3,(H,31,33)(H,27,28,29). The predicted octanol–water partition coefficient (Wildman–Crippen LogP) is 5.08. The van der Waals surface area contributed by atoms with Crippen LogP contribution in [0.4, 0.5) is 24.7 Å². The number of anilines is 2. The largest absolute Gasteiger partial charge is 0.416 e. The number of hydrogen-bond acceptors (Lipinski definition) is 5. The van der Waals surface area contributed by atoms with Gasteiger partial charge in [-0.15, -0.1) is 0 Å². The molecule has 2 heterocycles. The molecule has 0 unspecified atom stereocenters. The van der Waals surface area contributed by atoms with E-state index in [4.69, 9.17) is 0 Å². The molecule has 0 spiro atoms. The van der Waals surface area contributed by atoms with E-state index in [0.717, 1.165) is 23.3 Å². The molecule has 10 heteroatoms. The highest BCUT2D eigenvalue weighted by atomic mass is 19.4. The molecule has 0 aliphatic rings. The number of amides is 1. The summed E-state index contributed by atoms with van der Waals surface area (Å²) in [4.78, 5) is 25.2. The Morgan fingerprint density at radius 3 is 2.67 bits per heavy atom. The summed E-state index contributed by atoms with van der Waals surface area (Å²) in [5, 5.41) is 5.62. The SMILES string of the molecule is CNc1ncnc2c1ncn2C=Cc1cc(NC(=O)c2cccc(C(F)(F)F)c2)ccc1C. The van der Waals surface area contributed by atoms with Crippen molar-refractivity contribution < 1.29 is 18.0 Å². The molecule has 0 aliphatic heterocycles. The summed E-state index contributed by atoms with van der Waals surface area (Å²) in [6.45, 7) is 1.91. The summed E-state index contributed by atoms with van der Waals surface area (Å²) < 4.78 is 40.6. The van der Waals surface area contributed by atoms with Crippen molar-refractivity contribution >= 4 is 40.9 Å². The van der Waals surface area contributed by atoms with Crippen LogP contribution in [0.25, 0.3) is 23.4 Å². The first-order chi connectivity index (χ1) is 15.8. The van der Waals surface area contributed by atoms with Crippen LogP contribution in [0.2, 0.25) is 0 Å². The number of aryl methyl sites for hydroxylation is 1. The number of fused-ring (bicyclic) bond motifs is 1. The van der Waals surface area contributed by atoms with Crippen molar-refractivity contribution in [3.63, 3.8) is 0 Å². The van der Waals surface area contributed by atoms with Crippen molar-refractivity contribution in [1.82, 2.24) is 19.5 Å². The van der Waals surface area contributed by atoms with Gasteiger partial charge in [-0.05, 0) is 54.5 Å². The highest BCUT2D eigenvalue weighted by Gasteiger charge is 2.30. The fraction of sp³-hybridized carbons (Fsp3) is 0.130. The Kier molecular flexibility index (Phi) is 5.82. The number of aromatic nitrogens is 4. The molecule has 4 rings (SSSR count). The highest BCUT2D eigenvalue weighted by Crippen LogP contribution is 2.30. The molecular weight excluding hydrogens is 433 g/mol. The molecule has 2 aromatic carbocycles. The molecule has 0 radical (unpaired) electrons. The Bertz CT molecular complexity index is 1360. The van der Waals surface area contributed by atoms with E-state index in [1.54, 1.807) is 36.3 Å². The van der Waals surface area contributed by atoms with Crippen LogP contribution in [0, 0.1) is 6.92 Å². The highest BCUT2D eigenvalue weighted by molar-refractivity contribution is 6.04. The van der Waals surface area contributed by atoms with Gasteiger partial charge in [0.2, 0.25) is 0 Å². The van der Waals surface area contributed by atoms with Crippen LogP contribution in [0.5, 0.6) is 0 Å². The van der Waals surface area contributed by atoms with Crippen molar-refractivity contribution in [1.29, 1.82) is 0 Å². The van der Waals surface area contributed by atoms with Crippen LogP contribution in [0.1, 0.15) is 27.0 Å². The van der Waals surface area contributed by atoms with Crippen LogP contribution in [-0.2, 0) is 6.18 Å². The van der Waals surface area contributed by atoms with E-state index in [2.05, 4.69) is 25.6 Å². The Morgan fingerprint density at radius 2 is 1.91 bits per heavy atom. The molecule has 168 valence electrons. The Morgan fingerprint density at radius 1 is 1.09 bits per heavy atom. The Labute approximate surface area is 187 Å². The van der Waals surface area contributed by atoms with E-state index >= 15 is 0 Å². The van der Waals surface area contributed by atoms with Gasteiger partial charge in [0.1, 0.15) is 12.7 Å². The first-order valence-electron chi connectivity index (χ1n) is 9.89. The number of alkyl halides is 3. The Hall–Kier alpha value is -4.21. The minimum Gasteiger partial charge on any atom is -0.371 e. The van der Waals surface area contributed by atoms with Gasteiger partial charge in [-0.3, -0.25) is 9.36 Å². The fourth-order valence-electron chi connectivity index (χ4n) is 3.24. The predicted molar refractivity (Wildman–Crippen MR) is 121 cm³/mol. The van der Waals surface area contributed by atoms with Gasteiger partial charge in [-0.25, -0.2) is 15.0 Å². The third-order valence-electron chi connectivity index (χ3n) is 5.00. The van der Waals surface area contributed by atoms with Gasteiger partial charge in [0.05, 0.1) is 5.56 Å². The third kappa shape index (κ3) is 4.69. The number of nitrogens with zero attached hydrogens (tertiary/aromatic N) is 4. The number of halogens is 3. The molecule has 1 amide bonds. The monoisotopic (exact) mass is 452 g/mol. The molecule has 0 bridgehead atoms. The zero-order chi connectivity index (χ0) is 23.6. The maximum absolute atomic E-state index is 12.9. The van der Waals surface area contributed by atoms with E-state index in [0.29, 0.717) is 22.7 Å². The van der Waals surface area contributed by atoms with Crippen LogP contribution >= 0.6 is 0 Å². The lowest BCUT2D eigenvalue weighted by Gasteiger charge is -2.10. The number of carbonyl (C=O) groups is 1. The van der Waals surface area contributed by atoms with Crippen LogP contribution in [0.3, 0.4) is 0 Å². The number of hydrogen-bond donors (Lipinski definition) is 2. The first kappa shape index (κ1) is 22.0. The van der Waals surface area contributed by atoms with Gasteiger partial charge in [-0.1, -0.05) is 12.1 Å². The van der Waals surface area contributed by atoms with Gasteiger partial charge in [-0.2, -0.15) is 13.2 Å². The van der Waals surface area contributed by atoms with Crippen molar-refractivity contribution in [2.75, 3.05) is 17.7 Å². The molecule has 0 saturated heterocycles. The van der Waals surface area contributed by atoms with E-state index in [9.17, 15) is 18.0 Å². The normalized spacial score (nSPS) is 11.8. The molecule has 7 nitrogen and oxygen atoms in total. The molecule has 33 heavy (non-hydrogen) atoms. The molecule has 2 N–H and O–H groups in total. The summed E-state index contributed by atoms with van der Waals surface area (Å²) in [5.74, 6) is -0.0144. The second-order valence-electron chi connectivity index (χ2n) is 7.22. The second-order valence-corrected chi connectivity index (χ2v) is 7.22. The third-order valence-corrected chi connectivity index (χ3v) is 5.00. The van der Waals surface area contributed by atoms with Gasteiger partial charge < -0.3 is 10.6 Å². The maximum Gasteiger partial charge on any atom is 0.416 e. The van der Waals surface area contributed by atoms with Crippen molar-refractivity contribution in [3.8, 4) is 0 Å². The van der Waals surface area contributed by atoms with Crippen molar-refractivity contribution in [2.24, 2.45) is 0 Å². The molecule has 0 aliphatic carbocycles. The summed E-state index contributed by atoms with van der Waals surface area (Å²) in [5.41, 5.74) is 2.51. The first-order valence-corrected chi connectivity index (χ1v) is 9.89. The maximum atomic E-state index is 12.9. The van der Waals surface area contributed by atoms with Gasteiger partial charge >= 0.3 is 6.18 Å². The number of imidazole rings is 1. The van der Waals surface area contributed by atoms with Gasteiger partial charge in [0.15, 0.2) is 17.0 Å². The second kappa shape index (κ2) is 8.73. The summed E-state index contributed by atoms with van der Waals surface area (Å²) in [7, 11) is 1.75. The van der Waals surface area contributed by atoms with Crippen LogP contribution in [0.15, 0.2) is 55.1 Å². The molecule has 0 saturated carbocycles. The summed E-state index contributed by atoms with van der Waals surface area (Å²) in [6, 6.07) is 9.55.